The molecule has 0 fully saturated rings. The van der Waals surface area contributed by atoms with E-state index < -0.39 is 138 Å². The Balaban J connectivity index is 6.98. The standard InChI is InChI=1S/C62H113N11O12/c1-24-27-29-40(14)52(75)51(57(80)67-44(26-3)55(78)64-34-49(74)68(18)45(53(63)76)30-28-25-2)73(23)62(85)50(39(12)13)72(22)61(84)48(33-37(8)9)71(21)60(83)47(32-36(6)7)70(20)59(82)43(17)66-54(77)42(16)65-56(79)46(31-35(4)5)69(19)58(81)41(15)38(10)11/h24,27,35-48,50-52,75H,25-26,28-34H2,1-23H3,(H2,63,76)(H,64,78)(H,65,79)(H,66,77)(H,67,80)/b27-24+/t40-,41-,42-,43+,44-,45+,46+,47-,48-,50+,51?,52+/m1/s1. The van der Waals surface area contributed by atoms with E-state index in [1.54, 1.807) is 53.8 Å². The molecule has 0 saturated carbocycles. The van der Waals surface area contributed by atoms with E-state index in [1.807, 2.05) is 69.2 Å². The monoisotopic (exact) mass is 1200 g/mol. The lowest BCUT2D eigenvalue weighted by Gasteiger charge is -2.41. The number of allylic oxidation sites excluding steroid dienone is 2. The second-order valence-electron chi connectivity index (χ2n) is 25.3. The average molecular weight is 1200 g/mol. The fraction of sp³-hybridized carbons (Fsp3) is 0.790. The molecule has 488 valence electrons. The van der Waals surface area contributed by atoms with Crippen molar-refractivity contribution < 1.29 is 57.8 Å². The summed E-state index contributed by atoms with van der Waals surface area (Å²) in [5.74, 6) is -8.55. The lowest BCUT2D eigenvalue weighted by Crippen LogP contribution is -2.63. The zero-order valence-electron chi connectivity index (χ0n) is 56.0. The summed E-state index contributed by atoms with van der Waals surface area (Å²) >= 11 is 0. The van der Waals surface area contributed by atoms with Crippen molar-refractivity contribution in [3.05, 3.63) is 12.2 Å². The van der Waals surface area contributed by atoms with Gasteiger partial charge in [-0.15, -0.1) is 0 Å². The van der Waals surface area contributed by atoms with Crippen molar-refractivity contribution in [3.8, 4) is 0 Å². The summed E-state index contributed by atoms with van der Waals surface area (Å²) in [7, 11) is 8.67. The number of rotatable bonds is 37. The molecule has 0 rings (SSSR count). The van der Waals surface area contributed by atoms with Gasteiger partial charge < -0.3 is 61.5 Å². The Morgan fingerprint density at radius 1 is 0.494 bits per heavy atom. The first kappa shape index (κ1) is 78.9. The molecule has 0 spiro atoms. The van der Waals surface area contributed by atoms with Crippen LogP contribution in [0.1, 0.15) is 169 Å². The van der Waals surface area contributed by atoms with Crippen LogP contribution in [-0.2, 0) is 52.7 Å². The van der Waals surface area contributed by atoms with Gasteiger partial charge in [0.2, 0.25) is 65.0 Å². The summed E-state index contributed by atoms with van der Waals surface area (Å²) in [5, 5.41) is 22.6. The van der Waals surface area contributed by atoms with Gasteiger partial charge in [-0.05, 0) is 94.8 Å². The van der Waals surface area contributed by atoms with E-state index in [9.17, 15) is 48.3 Å². The fourth-order valence-corrected chi connectivity index (χ4v) is 10.1. The summed E-state index contributed by atoms with van der Waals surface area (Å²) in [6, 6.07) is -10.4. The molecule has 0 aromatic carbocycles. The molecule has 23 heteroatoms. The van der Waals surface area contributed by atoms with Crippen LogP contribution in [0.25, 0.3) is 0 Å². The summed E-state index contributed by atoms with van der Waals surface area (Å²) < 4.78 is 0. The van der Waals surface area contributed by atoms with Gasteiger partial charge in [0.15, 0.2) is 0 Å². The Kier molecular flexibility index (Phi) is 34.7. The van der Waals surface area contributed by atoms with Crippen molar-refractivity contribution in [1.29, 1.82) is 0 Å². The summed E-state index contributed by atoms with van der Waals surface area (Å²) in [5.41, 5.74) is 5.58. The van der Waals surface area contributed by atoms with E-state index in [2.05, 4.69) is 21.3 Å². The third-order valence-electron chi connectivity index (χ3n) is 16.1. The van der Waals surface area contributed by atoms with Crippen LogP contribution in [0.4, 0.5) is 0 Å². The highest BCUT2D eigenvalue weighted by Crippen LogP contribution is 2.25. The maximum Gasteiger partial charge on any atom is 0.246 e. The predicted octanol–water partition coefficient (Wildman–Crippen LogP) is 3.69. The maximum absolute atomic E-state index is 15.1. The zero-order valence-corrected chi connectivity index (χ0v) is 56.0. The van der Waals surface area contributed by atoms with Crippen LogP contribution in [0.5, 0.6) is 0 Å². The lowest BCUT2D eigenvalue weighted by molar-refractivity contribution is -0.157. The number of carbonyl (C=O) groups excluding carboxylic acids is 11. The number of aliphatic hydroxyl groups is 1. The van der Waals surface area contributed by atoms with E-state index in [0.717, 1.165) is 11.3 Å². The normalized spacial score (nSPS) is 16.0. The molecule has 0 aromatic rings. The number of nitrogens with zero attached hydrogens (tertiary/aromatic N) is 6. The summed E-state index contributed by atoms with van der Waals surface area (Å²) in [6.45, 7) is 29.9. The minimum Gasteiger partial charge on any atom is -0.390 e. The Labute approximate surface area is 509 Å². The molecule has 1 unspecified atom stereocenters. The lowest BCUT2D eigenvalue weighted by atomic mass is 9.91. The van der Waals surface area contributed by atoms with Gasteiger partial charge in [0.05, 0.1) is 12.6 Å². The van der Waals surface area contributed by atoms with Gasteiger partial charge in [-0.2, -0.15) is 0 Å². The molecule has 0 radical (unpaired) electrons. The van der Waals surface area contributed by atoms with Crippen LogP contribution in [0.15, 0.2) is 12.2 Å². The highest BCUT2D eigenvalue weighted by Gasteiger charge is 2.45. The molecular formula is C62H113N11O12. The Morgan fingerprint density at radius 2 is 0.953 bits per heavy atom. The number of amides is 11. The van der Waals surface area contributed by atoms with Gasteiger partial charge in [0.25, 0.3) is 0 Å². The van der Waals surface area contributed by atoms with Gasteiger partial charge in [-0.3, -0.25) is 52.7 Å². The number of aliphatic hydroxyl groups excluding tert-OH is 1. The molecule has 0 aliphatic heterocycles. The number of likely N-dealkylation sites (N-methyl/N-ethyl adjacent to an activating group) is 6. The molecule has 0 aliphatic rings. The molecular weight excluding hydrogens is 1090 g/mol. The third kappa shape index (κ3) is 23.9. The highest BCUT2D eigenvalue weighted by molar-refractivity contribution is 5.98. The Morgan fingerprint density at radius 3 is 1.40 bits per heavy atom. The topological polar surface area (TPSA) is 302 Å². The van der Waals surface area contributed by atoms with Gasteiger partial charge in [-0.25, -0.2) is 0 Å². The minimum atomic E-state index is -1.60. The second-order valence-corrected chi connectivity index (χ2v) is 25.3. The van der Waals surface area contributed by atoms with Crippen molar-refractivity contribution >= 4 is 65.0 Å². The van der Waals surface area contributed by atoms with E-state index >= 15 is 9.59 Å². The smallest absolute Gasteiger partial charge is 0.246 e. The van der Waals surface area contributed by atoms with E-state index in [4.69, 9.17) is 5.73 Å². The number of primary amides is 1. The molecule has 0 bridgehead atoms. The highest BCUT2D eigenvalue weighted by atomic mass is 16.3. The second kappa shape index (κ2) is 37.4. The van der Waals surface area contributed by atoms with Gasteiger partial charge >= 0.3 is 0 Å². The first-order valence-electron chi connectivity index (χ1n) is 30.6. The van der Waals surface area contributed by atoms with E-state index in [1.165, 1.54) is 73.6 Å². The number of unbranched alkanes of at least 4 members (excludes halogenated alkanes) is 1. The van der Waals surface area contributed by atoms with Crippen molar-refractivity contribution in [1.82, 2.24) is 50.7 Å². The van der Waals surface area contributed by atoms with Crippen molar-refractivity contribution in [3.63, 3.8) is 0 Å². The van der Waals surface area contributed by atoms with Crippen LogP contribution >= 0.6 is 0 Å². The van der Waals surface area contributed by atoms with E-state index in [-0.39, 0.29) is 54.8 Å². The van der Waals surface area contributed by atoms with E-state index in [0.29, 0.717) is 25.7 Å². The van der Waals surface area contributed by atoms with Crippen LogP contribution in [-0.4, -0.2) is 209 Å². The van der Waals surface area contributed by atoms with Gasteiger partial charge in [-0.1, -0.05) is 122 Å². The number of nitrogens with one attached hydrogen (secondary N) is 4. The van der Waals surface area contributed by atoms with Crippen LogP contribution in [0.2, 0.25) is 0 Å². The summed E-state index contributed by atoms with van der Waals surface area (Å²) in [6.07, 6.45) is 4.86. The predicted molar refractivity (Wildman–Crippen MR) is 330 cm³/mol. The maximum atomic E-state index is 15.1. The van der Waals surface area contributed by atoms with Gasteiger partial charge in [0.1, 0.15) is 54.4 Å². The minimum absolute atomic E-state index is 0.0386. The number of hydrogen-bond acceptors (Lipinski definition) is 12. The van der Waals surface area contributed by atoms with Crippen molar-refractivity contribution in [2.75, 3.05) is 48.8 Å². The molecule has 0 heterocycles. The molecule has 7 N–H and O–H groups in total. The first-order valence-corrected chi connectivity index (χ1v) is 30.6. The number of nitrogens with two attached hydrogens (primary N) is 1. The molecule has 11 amide bonds. The molecule has 0 aromatic heterocycles. The SMILES string of the molecule is C/C=C/C[C@@H](C)[C@H](O)C(C(=O)N[C@H](CC)C(=O)NCC(=O)N(C)[C@@H](CCCC)C(N)=O)N(C)C(=O)[C@H](C(C)C)N(C)C(=O)[C@@H](CC(C)C)N(C)C(=O)[C@@H](CC(C)C)N(C)C(=O)[C@H](C)NC(=O)[C@@H](C)NC(=O)[C@H](CC(C)C)N(C)C(=O)[C@H](C)C(C)C. The van der Waals surface area contributed by atoms with Crippen molar-refractivity contribution in [2.45, 2.75) is 230 Å². The van der Waals surface area contributed by atoms with Crippen molar-refractivity contribution in [2.24, 2.45) is 47.2 Å². The molecule has 23 nitrogen and oxygen atoms in total. The van der Waals surface area contributed by atoms with Crippen LogP contribution in [0, 0.1) is 41.4 Å². The van der Waals surface area contributed by atoms with Gasteiger partial charge in [0, 0.05) is 48.2 Å². The largest absolute Gasteiger partial charge is 0.390 e. The zero-order chi connectivity index (χ0) is 66.2. The Bertz CT molecular complexity index is 2260. The quantitative estimate of drug-likeness (QED) is 0.0486. The Hall–Kier alpha value is -6.13. The molecule has 0 aliphatic carbocycles. The van der Waals surface area contributed by atoms with Crippen LogP contribution < -0.4 is 27.0 Å². The molecule has 12 atom stereocenters. The van der Waals surface area contributed by atoms with Crippen LogP contribution in [0.3, 0.4) is 0 Å². The number of hydrogen-bond donors (Lipinski definition) is 6. The fourth-order valence-electron chi connectivity index (χ4n) is 10.1. The average Bonchev–Trinajstić information content (AvgIpc) is 2.59. The number of carbonyl (C=O) groups is 11. The molecule has 0 saturated heterocycles. The third-order valence-corrected chi connectivity index (χ3v) is 16.1. The first-order chi connectivity index (χ1) is 39.3. The summed E-state index contributed by atoms with van der Waals surface area (Å²) in [4.78, 5) is 161. The molecule has 85 heavy (non-hydrogen) atoms.